The van der Waals surface area contributed by atoms with Crippen LogP contribution in [-0.2, 0) is 9.53 Å². The molecule has 0 aromatic heterocycles. The highest BCUT2D eigenvalue weighted by molar-refractivity contribution is 6.32. The summed E-state index contributed by atoms with van der Waals surface area (Å²) in [4.78, 5) is 28.6. The van der Waals surface area contributed by atoms with Crippen LogP contribution in [0.4, 0.5) is 9.18 Å². The van der Waals surface area contributed by atoms with Crippen LogP contribution in [0.3, 0.4) is 0 Å². The Bertz CT molecular complexity index is 792. The predicted molar refractivity (Wildman–Crippen MR) is 110 cm³/mol. The van der Waals surface area contributed by atoms with Crippen molar-refractivity contribution in [2.24, 2.45) is 11.8 Å². The number of carbonyl (C=O) groups is 2. The average Bonchev–Trinajstić information content (AvgIpc) is 2.98. The van der Waals surface area contributed by atoms with Crippen LogP contribution in [0.2, 0.25) is 5.02 Å². The van der Waals surface area contributed by atoms with E-state index < -0.39 is 0 Å². The summed E-state index contributed by atoms with van der Waals surface area (Å²) in [5, 5.41) is 0.272. The number of ether oxygens (including phenoxy) is 2. The topological polar surface area (TPSA) is 59.1 Å². The zero-order valence-corrected chi connectivity index (χ0v) is 17.8. The molecule has 8 heteroatoms. The van der Waals surface area contributed by atoms with E-state index in [0.29, 0.717) is 44.3 Å². The molecule has 1 aromatic rings. The Morgan fingerprint density at radius 2 is 2.03 bits per heavy atom. The molecule has 1 unspecified atom stereocenters. The van der Waals surface area contributed by atoms with Gasteiger partial charge in [-0.05, 0) is 49.8 Å². The van der Waals surface area contributed by atoms with Crippen LogP contribution in [0.15, 0.2) is 18.2 Å². The lowest BCUT2D eigenvalue weighted by Gasteiger charge is -2.41. The molecule has 1 aromatic carbocycles. The predicted octanol–water partition coefficient (Wildman–Crippen LogP) is 3.76. The maximum absolute atomic E-state index is 13.2. The number of halogens is 2. The molecule has 3 saturated heterocycles. The minimum absolute atomic E-state index is 0.0645. The van der Waals surface area contributed by atoms with Gasteiger partial charge in [-0.1, -0.05) is 11.6 Å². The van der Waals surface area contributed by atoms with E-state index in [-0.39, 0.29) is 41.3 Å². The maximum Gasteiger partial charge on any atom is 0.320 e. The van der Waals surface area contributed by atoms with Gasteiger partial charge in [-0.2, -0.15) is 0 Å². The van der Waals surface area contributed by atoms with Crippen molar-refractivity contribution >= 4 is 23.4 Å². The summed E-state index contributed by atoms with van der Waals surface area (Å²) in [5.74, 6) is 0.674. The Labute approximate surface area is 181 Å². The first-order chi connectivity index (χ1) is 14.5. The number of ketones is 1. The van der Waals surface area contributed by atoms with Gasteiger partial charge < -0.3 is 19.3 Å². The smallest absolute Gasteiger partial charge is 0.320 e. The zero-order chi connectivity index (χ0) is 21.1. The normalized spacial score (nSPS) is 27.4. The molecular weight excluding hydrogens is 411 g/mol. The molecule has 30 heavy (non-hydrogen) atoms. The summed E-state index contributed by atoms with van der Waals surface area (Å²) in [6, 6.07) is 4.20. The third-order valence-electron chi connectivity index (χ3n) is 6.37. The van der Waals surface area contributed by atoms with Gasteiger partial charge in [0.2, 0.25) is 0 Å². The fraction of sp³-hybridized carbons (Fsp3) is 0.636. The highest BCUT2D eigenvalue weighted by atomic mass is 35.5. The number of carbonyl (C=O) groups excluding carboxylic acids is 2. The van der Waals surface area contributed by atoms with Gasteiger partial charge in [0.1, 0.15) is 18.2 Å². The molecule has 164 valence electrons. The first-order valence-corrected chi connectivity index (χ1v) is 11.1. The number of urea groups is 1. The summed E-state index contributed by atoms with van der Waals surface area (Å²) in [7, 11) is 0. The van der Waals surface area contributed by atoms with E-state index in [4.69, 9.17) is 21.1 Å². The molecule has 0 N–H and O–H groups in total. The van der Waals surface area contributed by atoms with Gasteiger partial charge in [0, 0.05) is 38.5 Å². The van der Waals surface area contributed by atoms with E-state index in [1.54, 1.807) is 6.07 Å². The number of rotatable bonds is 3. The van der Waals surface area contributed by atoms with Crippen molar-refractivity contribution in [1.82, 2.24) is 9.80 Å². The van der Waals surface area contributed by atoms with E-state index in [9.17, 15) is 14.0 Å². The quantitative estimate of drug-likeness (QED) is 0.721. The number of benzene rings is 1. The van der Waals surface area contributed by atoms with Gasteiger partial charge in [0.15, 0.2) is 5.78 Å². The molecular formula is C22H28ClFN2O4. The first kappa shape index (κ1) is 21.4. The number of amides is 2. The lowest BCUT2D eigenvalue weighted by molar-refractivity contribution is -0.139. The Morgan fingerprint density at radius 1 is 1.20 bits per heavy atom. The van der Waals surface area contributed by atoms with Crippen molar-refractivity contribution < 1.29 is 23.5 Å². The summed E-state index contributed by atoms with van der Waals surface area (Å²) >= 11 is 6.03. The second kappa shape index (κ2) is 9.52. The summed E-state index contributed by atoms with van der Waals surface area (Å²) in [6.45, 7) is 3.41. The van der Waals surface area contributed by atoms with Crippen molar-refractivity contribution in [3.8, 4) is 5.75 Å². The number of fused-ring (bicyclic) bond motifs is 1. The zero-order valence-electron chi connectivity index (χ0n) is 17.0. The molecule has 4 rings (SSSR count). The highest BCUT2D eigenvalue weighted by Gasteiger charge is 2.37. The Balaban J connectivity index is 1.27. The molecule has 3 fully saturated rings. The van der Waals surface area contributed by atoms with Crippen molar-refractivity contribution in [1.29, 1.82) is 0 Å². The van der Waals surface area contributed by atoms with Crippen molar-refractivity contribution in [2.45, 2.75) is 38.2 Å². The van der Waals surface area contributed by atoms with Crippen LogP contribution in [0, 0.1) is 17.7 Å². The Hall–Kier alpha value is -1.86. The number of hydrogen-bond acceptors (Lipinski definition) is 4. The molecule has 3 aliphatic rings. The van der Waals surface area contributed by atoms with E-state index in [0.717, 1.165) is 32.2 Å². The second-order valence-electron chi connectivity index (χ2n) is 8.54. The SMILES string of the molecule is O=C1CO[C@H]2CCN(C(=O)N3CCCC(COc4ccc(F)cc4Cl)CC3)C[C@H]2C1. The van der Waals surface area contributed by atoms with E-state index in [2.05, 4.69) is 0 Å². The van der Waals surface area contributed by atoms with Crippen LogP contribution in [0.5, 0.6) is 5.75 Å². The van der Waals surface area contributed by atoms with Gasteiger partial charge in [-0.15, -0.1) is 0 Å². The standard InChI is InChI=1S/C22H28ClFN2O4/c23-19-11-17(24)3-4-21(19)29-13-15-2-1-7-25(8-5-15)22(28)26-9-6-20-16(12-26)10-18(27)14-30-20/h3-4,11,15-16,20H,1-2,5-10,12-14H2/t15?,16-,20+/m1/s1. The number of Topliss-reactive ketones (excluding diaryl/α,β-unsaturated/α-hetero) is 1. The Morgan fingerprint density at radius 3 is 2.87 bits per heavy atom. The first-order valence-electron chi connectivity index (χ1n) is 10.7. The average molecular weight is 439 g/mol. The van der Waals surface area contributed by atoms with Gasteiger partial charge in [-0.25, -0.2) is 9.18 Å². The third-order valence-corrected chi connectivity index (χ3v) is 6.67. The van der Waals surface area contributed by atoms with Crippen molar-refractivity contribution in [2.75, 3.05) is 39.4 Å². The molecule has 0 radical (unpaired) electrons. The number of hydrogen-bond donors (Lipinski definition) is 0. The van der Waals surface area contributed by atoms with Crippen LogP contribution < -0.4 is 4.74 Å². The van der Waals surface area contributed by atoms with Gasteiger partial charge in [0.25, 0.3) is 0 Å². The minimum atomic E-state index is -0.385. The van der Waals surface area contributed by atoms with E-state index in [1.807, 2.05) is 9.80 Å². The fourth-order valence-corrected chi connectivity index (χ4v) is 4.90. The Kier molecular flexibility index (Phi) is 6.78. The largest absolute Gasteiger partial charge is 0.492 e. The monoisotopic (exact) mass is 438 g/mol. The molecule has 0 aliphatic carbocycles. The summed E-state index contributed by atoms with van der Waals surface area (Å²) in [6.07, 6.45) is 4.16. The van der Waals surface area contributed by atoms with Crippen LogP contribution in [0.25, 0.3) is 0 Å². The molecule has 0 spiro atoms. The van der Waals surface area contributed by atoms with Gasteiger partial charge >= 0.3 is 6.03 Å². The van der Waals surface area contributed by atoms with Crippen LogP contribution >= 0.6 is 11.6 Å². The molecule has 3 aliphatic heterocycles. The third kappa shape index (κ3) is 5.06. The minimum Gasteiger partial charge on any atom is -0.492 e. The number of nitrogens with zero attached hydrogens (tertiary/aromatic N) is 2. The molecule has 2 amide bonds. The van der Waals surface area contributed by atoms with Gasteiger partial charge in [-0.3, -0.25) is 4.79 Å². The van der Waals surface area contributed by atoms with Gasteiger partial charge in [0.05, 0.1) is 17.7 Å². The van der Waals surface area contributed by atoms with E-state index in [1.165, 1.54) is 12.1 Å². The second-order valence-corrected chi connectivity index (χ2v) is 8.95. The highest BCUT2D eigenvalue weighted by Crippen LogP contribution is 2.29. The molecule has 3 atom stereocenters. The molecule has 3 heterocycles. The van der Waals surface area contributed by atoms with Crippen molar-refractivity contribution in [3.05, 3.63) is 29.0 Å². The van der Waals surface area contributed by atoms with Crippen LogP contribution in [-0.4, -0.2) is 67.1 Å². The number of likely N-dealkylation sites (tertiary alicyclic amines) is 2. The summed E-state index contributed by atoms with van der Waals surface area (Å²) in [5.41, 5.74) is 0. The number of piperidine rings is 1. The molecule has 0 bridgehead atoms. The van der Waals surface area contributed by atoms with Crippen LogP contribution in [0.1, 0.15) is 32.1 Å². The fourth-order valence-electron chi connectivity index (χ4n) is 4.67. The maximum atomic E-state index is 13.2. The van der Waals surface area contributed by atoms with Crippen molar-refractivity contribution in [3.63, 3.8) is 0 Å². The summed E-state index contributed by atoms with van der Waals surface area (Å²) < 4.78 is 24.6. The lowest BCUT2D eigenvalue weighted by atomic mass is 9.88. The molecule has 0 saturated carbocycles. The van der Waals surface area contributed by atoms with E-state index >= 15 is 0 Å². The molecule has 6 nitrogen and oxygen atoms in total. The lowest BCUT2D eigenvalue weighted by Crippen LogP contribution is -2.53.